The first-order chi connectivity index (χ1) is 10.6. The first-order valence-electron chi connectivity index (χ1n) is 8.17. The van der Waals surface area contributed by atoms with Gasteiger partial charge in [0.05, 0.1) is 6.10 Å². The average molecular weight is 330 g/mol. The van der Waals surface area contributed by atoms with Gasteiger partial charge in [0.15, 0.2) is 12.4 Å². The number of hydrogen-bond donors (Lipinski definition) is 4. The Labute approximate surface area is 135 Å². The second kappa shape index (κ2) is 5.39. The number of aliphatic hydroxyl groups excluding tert-OH is 3. The van der Waals surface area contributed by atoms with Crippen molar-refractivity contribution in [2.45, 2.75) is 76.8 Å². The number of aliphatic carboxylic acids is 1. The molecule has 1 saturated heterocycles. The number of ether oxygens (including phenoxy) is 2. The van der Waals surface area contributed by atoms with E-state index < -0.39 is 36.7 Å². The Hall–Kier alpha value is -0.730. The van der Waals surface area contributed by atoms with E-state index in [1.165, 1.54) is 0 Å². The lowest BCUT2D eigenvalue weighted by atomic mass is 9.70. The zero-order valence-corrected chi connectivity index (χ0v) is 13.7. The van der Waals surface area contributed by atoms with Gasteiger partial charge in [0.2, 0.25) is 0 Å². The third-order valence-electron chi connectivity index (χ3n) is 6.83. The van der Waals surface area contributed by atoms with Gasteiger partial charge in [0.25, 0.3) is 0 Å². The molecule has 0 amide bonds. The van der Waals surface area contributed by atoms with Crippen molar-refractivity contribution in [3.8, 4) is 0 Å². The van der Waals surface area contributed by atoms with Gasteiger partial charge in [0, 0.05) is 0 Å². The van der Waals surface area contributed by atoms with E-state index in [0.29, 0.717) is 5.92 Å². The van der Waals surface area contributed by atoms with Crippen LogP contribution in [0.2, 0.25) is 0 Å². The summed E-state index contributed by atoms with van der Waals surface area (Å²) in [6.45, 7) is 6.58. The Morgan fingerprint density at radius 1 is 1.13 bits per heavy atom. The normalized spacial score (nSPS) is 51.8. The SMILES string of the molecule is CC1(C)C2CCC1(C)C(OC1OC(C(=O)O)C(O)C(O)C1O)C2. The van der Waals surface area contributed by atoms with Crippen LogP contribution in [0.15, 0.2) is 0 Å². The van der Waals surface area contributed by atoms with E-state index >= 15 is 0 Å². The zero-order valence-electron chi connectivity index (χ0n) is 13.7. The molecule has 3 aliphatic rings. The maximum absolute atomic E-state index is 11.2. The van der Waals surface area contributed by atoms with Crippen molar-refractivity contribution in [1.82, 2.24) is 0 Å². The Morgan fingerprint density at radius 2 is 1.78 bits per heavy atom. The van der Waals surface area contributed by atoms with Gasteiger partial charge in [-0.3, -0.25) is 0 Å². The van der Waals surface area contributed by atoms with E-state index in [9.17, 15) is 20.1 Å². The molecule has 1 aliphatic heterocycles. The number of hydrogen-bond acceptors (Lipinski definition) is 6. The van der Waals surface area contributed by atoms with Gasteiger partial charge in [-0.2, -0.15) is 0 Å². The molecular weight excluding hydrogens is 304 g/mol. The van der Waals surface area contributed by atoms with Crippen molar-refractivity contribution < 1.29 is 34.7 Å². The third kappa shape index (κ3) is 2.33. The number of aliphatic hydroxyl groups is 3. The highest BCUT2D eigenvalue weighted by molar-refractivity contribution is 5.73. The molecular formula is C16H26O7. The molecule has 2 aliphatic carbocycles. The van der Waals surface area contributed by atoms with Gasteiger partial charge in [-0.15, -0.1) is 0 Å². The van der Waals surface area contributed by atoms with Crippen LogP contribution in [-0.4, -0.2) is 63.2 Å². The second-order valence-electron chi connectivity index (χ2n) is 7.97. The van der Waals surface area contributed by atoms with Crippen molar-refractivity contribution in [3.05, 3.63) is 0 Å². The molecule has 0 aromatic heterocycles. The van der Waals surface area contributed by atoms with Crippen LogP contribution in [0, 0.1) is 16.7 Å². The largest absolute Gasteiger partial charge is 0.479 e. The van der Waals surface area contributed by atoms with Gasteiger partial charge < -0.3 is 29.9 Å². The molecule has 7 nitrogen and oxygen atoms in total. The van der Waals surface area contributed by atoms with E-state index in [2.05, 4.69) is 20.8 Å². The molecule has 8 unspecified atom stereocenters. The van der Waals surface area contributed by atoms with Crippen LogP contribution in [0.5, 0.6) is 0 Å². The standard InChI is InChI=1S/C16H26O7/c1-15(2)7-4-5-16(15,3)8(6-7)22-14-11(19)9(17)10(18)12(23-14)13(20)21/h7-12,14,17-19H,4-6H2,1-3H3,(H,20,21). The zero-order chi connectivity index (χ0) is 17.2. The van der Waals surface area contributed by atoms with E-state index in [1.807, 2.05) is 0 Å². The topological polar surface area (TPSA) is 116 Å². The van der Waals surface area contributed by atoms with Gasteiger partial charge in [-0.25, -0.2) is 4.79 Å². The number of rotatable bonds is 3. The van der Waals surface area contributed by atoms with Crippen molar-refractivity contribution in [2.75, 3.05) is 0 Å². The summed E-state index contributed by atoms with van der Waals surface area (Å²) in [5, 5.41) is 38.8. The number of carboxylic acids is 1. The highest BCUT2D eigenvalue weighted by Crippen LogP contribution is 2.66. The predicted molar refractivity (Wildman–Crippen MR) is 78.4 cm³/mol. The van der Waals surface area contributed by atoms with Crippen LogP contribution in [0.4, 0.5) is 0 Å². The third-order valence-corrected chi connectivity index (χ3v) is 6.83. The van der Waals surface area contributed by atoms with Crippen LogP contribution in [0.25, 0.3) is 0 Å². The van der Waals surface area contributed by atoms with Crippen molar-refractivity contribution in [2.24, 2.45) is 16.7 Å². The lowest BCUT2D eigenvalue weighted by Gasteiger charge is -2.44. The fraction of sp³-hybridized carbons (Fsp3) is 0.938. The molecule has 0 aromatic rings. The van der Waals surface area contributed by atoms with Crippen molar-refractivity contribution >= 4 is 5.97 Å². The molecule has 23 heavy (non-hydrogen) atoms. The minimum absolute atomic E-state index is 0.0829. The molecule has 7 heteroatoms. The van der Waals surface area contributed by atoms with Gasteiger partial charge in [-0.1, -0.05) is 20.8 Å². The Balaban J connectivity index is 1.76. The molecule has 4 N–H and O–H groups in total. The van der Waals surface area contributed by atoms with Crippen molar-refractivity contribution in [1.29, 1.82) is 0 Å². The maximum atomic E-state index is 11.2. The average Bonchev–Trinajstić information content (AvgIpc) is 2.80. The second-order valence-corrected chi connectivity index (χ2v) is 7.97. The number of carboxylic acid groups (broad SMARTS) is 1. The van der Waals surface area contributed by atoms with Gasteiger partial charge >= 0.3 is 5.97 Å². The number of fused-ring (bicyclic) bond motifs is 2. The minimum atomic E-state index is -1.69. The van der Waals surface area contributed by atoms with Crippen LogP contribution in [-0.2, 0) is 14.3 Å². The smallest absolute Gasteiger partial charge is 0.335 e. The van der Waals surface area contributed by atoms with Gasteiger partial charge in [-0.05, 0) is 36.0 Å². The molecule has 0 spiro atoms. The van der Waals surface area contributed by atoms with Crippen LogP contribution in [0.3, 0.4) is 0 Å². The van der Waals surface area contributed by atoms with Gasteiger partial charge in [0.1, 0.15) is 18.3 Å². The fourth-order valence-corrected chi connectivity index (χ4v) is 4.66. The molecule has 2 saturated carbocycles. The first-order valence-corrected chi connectivity index (χ1v) is 8.17. The minimum Gasteiger partial charge on any atom is -0.479 e. The van der Waals surface area contributed by atoms with E-state index in [-0.39, 0.29) is 16.9 Å². The molecule has 3 rings (SSSR count). The maximum Gasteiger partial charge on any atom is 0.335 e. The summed E-state index contributed by atoms with van der Waals surface area (Å²) in [5.41, 5.74) is 0.0160. The molecule has 8 atom stereocenters. The molecule has 1 heterocycles. The van der Waals surface area contributed by atoms with E-state index in [0.717, 1.165) is 19.3 Å². The molecule has 0 radical (unpaired) electrons. The quantitative estimate of drug-likeness (QED) is 0.580. The highest BCUT2D eigenvalue weighted by Gasteiger charge is 2.63. The monoisotopic (exact) mass is 330 g/mol. The predicted octanol–water partition coefficient (Wildman–Crippen LogP) is 0.110. The summed E-state index contributed by atoms with van der Waals surface area (Å²) in [4.78, 5) is 11.2. The summed E-state index contributed by atoms with van der Waals surface area (Å²) in [6, 6.07) is 0. The van der Waals surface area contributed by atoms with Crippen LogP contribution < -0.4 is 0 Å². The lowest BCUT2D eigenvalue weighted by molar-refractivity contribution is -0.312. The van der Waals surface area contributed by atoms with E-state index in [1.54, 1.807) is 0 Å². The number of carbonyl (C=O) groups is 1. The fourth-order valence-electron chi connectivity index (χ4n) is 4.66. The molecule has 3 fully saturated rings. The lowest BCUT2D eigenvalue weighted by Crippen LogP contribution is -2.61. The van der Waals surface area contributed by atoms with Crippen LogP contribution >= 0.6 is 0 Å². The summed E-state index contributed by atoms with van der Waals surface area (Å²) < 4.78 is 11.2. The first kappa shape index (κ1) is 17.1. The Morgan fingerprint density at radius 3 is 2.26 bits per heavy atom. The molecule has 0 aromatic carbocycles. The Kier molecular flexibility index (Phi) is 4.01. The highest BCUT2D eigenvalue weighted by atomic mass is 16.7. The summed E-state index contributed by atoms with van der Waals surface area (Å²) >= 11 is 0. The van der Waals surface area contributed by atoms with E-state index in [4.69, 9.17) is 14.6 Å². The molecule has 2 bridgehead atoms. The Bertz CT molecular complexity index is 493. The van der Waals surface area contributed by atoms with Crippen molar-refractivity contribution in [3.63, 3.8) is 0 Å². The van der Waals surface area contributed by atoms with Crippen LogP contribution in [0.1, 0.15) is 40.0 Å². The molecule has 132 valence electrons. The summed E-state index contributed by atoms with van der Waals surface area (Å²) in [6.07, 6.45) is -4.86. The summed E-state index contributed by atoms with van der Waals surface area (Å²) in [5.74, 6) is -0.874. The summed E-state index contributed by atoms with van der Waals surface area (Å²) in [7, 11) is 0.